The van der Waals surface area contributed by atoms with Crippen molar-refractivity contribution in [2.45, 2.75) is 18.8 Å². The van der Waals surface area contributed by atoms with Crippen molar-refractivity contribution in [1.29, 1.82) is 5.26 Å². The Morgan fingerprint density at radius 1 is 1.54 bits per heavy atom. The monoisotopic (exact) mass is 171 g/mol. The Kier molecular flexibility index (Phi) is 1.86. The molecule has 0 bridgehead atoms. The number of carbonyl (C=O) groups excluding carboxylic acids is 1. The van der Waals surface area contributed by atoms with Gasteiger partial charge in [-0.25, -0.2) is 0 Å². The Labute approximate surface area is 76.8 Å². The molecule has 0 saturated heterocycles. The molecule has 2 heteroatoms. The van der Waals surface area contributed by atoms with Crippen molar-refractivity contribution in [3.63, 3.8) is 0 Å². The van der Waals surface area contributed by atoms with E-state index < -0.39 is 0 Å². The molecule has 0 radical (unpaired) electrons. The molecule has 0 amide bonds. The molecule has 1 aromatic carbocycles. The molecule has 0 N–H and O–H groups in total. The van der Waals surface area contributed by atoms with E-state index in [0.717, 1.165) is 30.3 Å². The molecule has 0 aliphatic heterocycles. The Morgan fingerprint density at radius 3 is 3.08 bits per heavy atom. The van der Waals surface area contributed by atoms with Gasteiger partial charge < -0.3 is 4.79 Å². The summed E-state index contributed by atoms with van der Waals surface area (Å²) in [6, 6.07) is 7.67. The van der Waals surface area contributed by atoms with E-state index in [4.69, 9.17) is 5.26 Å². The van der Waals surface area contributed by atoms with Gasteiger partial charge >= 0.3 is 0 Å². The van der Waals surface area contributed by atoms with Crippen LogP contribution in [0.25, 0.3) is 0 Å². The summed E-state index contributed by atoms with van der Waals surface area (Å²) in [4.78, 5) is 10.7. The lowest BCUT2D eigenvalue weighted by molar-refractivity contribution is -0.109. The van der Waals surface area contributed by atoms with Crippen molar-refractivity contribution >= 4 is 6.29 Å². The highest BCUT2D eigenvalue weighted by Crippen LogP contribution is 2.31. The van der Waals surface area contributed by atoms with Crippen molar-refractivity contribution in [1.82, 2.24) is 0 Å². The summed E-state index contributed by atoms with van der Waals surface area (Å²) in [7, 11) is 0. The molecular formula is C11H9NO. The number of aryl methyl sites for hydroxylation is 1. The molecule has 64 valence electrons. The SMILES string of the molecule is N#Cc1ccc2c(c1)CC[C@H]2C=O. The van der Waals surface area contributed by atoms with E-state index in [1.807, 2.05) is 12.1 Å². The number of carbonyl (C=O) groups is 1. The second kappa shape index (κ2) is 3.02. The number of aldehydes is 1. The molecule has 13 heavy (non-hydrogen) atoms. The highest BCUT2D eigenvalue weighted by molar-refractivity contribution is 5.65. The Balaban J connectivity index is 2.47. The maximum Gasteiger partial charge on any atom is 0.127 e. The predicted octanol–water partition coefficient (Wildman–Crippen LogP) is 1.79. The van der Waals surface area contributed by atoms with E-state index in [1.54, 1.807) is 6.07 Å². The van der Waals surface area contributed by atoms with Crippen molar-refractivity contribution < 1.29 is 4.79 Å². The highest BCUT2D eigenvalue weighted by atomic mass is 16.1. The van der Waals surface area contributed by atoms with E-state index in [0.29, 0.717) is 5.56 Å². The van der Waals surface area contributed by atoms with Gasteiger partial charge in [-0.2, -0.15) is 5.26 Å². The lowest BCUT2D eigenvalue weighted by atomic mass is 10.0. The molecule has 1 aromatic rings. The Hall–Kier alpha value is -1.62. The lowest BCUT2D eigenvalue weighted by Crippen LogP contribution is -1.93. The third-order valence-corrected chi connectivity index (χ3v) is 2.56. The molecular weight excluding hydrogens is 162 g/mol. The average molecular weight is 171 g/mol. The molecule has 0 spiro atoms. The number of hydrogen-bond acceptors (Lipinski definition) is 2. The zero-order valence-corrected chi connectivity index (χ0v) is 7.16. The van der Waals surface area contributed by atoms with Crippen molar-refractivity contribution in [2.75, 3.05) is 0 Å². The first-order valence-corrected chi connectivity index (χ1v) is 4.33. The minimum atomic E-state index is 0.0581. The first-order valence-electron chi connectivity index (χ1n) is 4.33. The van der Waals surface area contributed by atoms with Gasteiger partial charge in [0.1, 0.15) is 6.29 Å². The van der Waals surface area contributed by atoms with Crippen LogP contribution in [0, 0.1) is 11.3 Å². The average Bonchev–Trinajstić information content (AvgIpc) is 2.59. The van der Waals surface area contributed by atoms with Crippen LogP contribution in [0.15, 0.2) is 18.2 Å². The van der Waals surface area contributed by atoms with Crippen molar-refractivity contribution in [3.8, 4) is 6.07 Å². The largest absolute Gasteiger partial charge is 0.303 e. The van der Waals surface area contributed by atoms with Crippen LogP contribution in [0.5, 0.6) is 0 Å². The van der Waals surface area contributed by atoms with Crippen LogP contribution >= 0.6 is 0 Å². The quantitative estimate of drug-likeness (QED) is 0.604. The number of hydrogen-bond donors (Lipinski definition) is 0. The molecule has 1 aliphatic rings. The van der Waals surface area contributed by atoms with Crippen LogP contribution in [0.2, 0.25) is 0 Å². The third kappa shape index (κ3) is 1.23. The lowest BCUT2D eigenvalue weighted by Gasteiger charge is -2.01. The summed E-state index contributed by atoms with van der Waals surface area (Å²) in [6.45, 7) is 0. The number of fused-ring (bicyclic) bond motifs is 1. The van der Waals surface area contributed by atoms with E-state index in [2.05, 4.69) is 6.07 Å². The van der Waals surface area contributed by atoms with Crippen LogP contribution in [0.4, 0.5) is 0 Å². The predicted molar refractivity (Wildman–Crippen MR) is 48.3 cm³/mol. The fraction of sp³-hybridized carbons (Fsp3) is 0.273. The molecule has 1 atom stereocenters. The van der Waals surface area contributed by atoms with Gasteiger partial charge in [0.05, 0.1) is 11.6 Å². The van der Waals surface area contributed by atoms with Gasteiger partial charge in [0.25, 0.3) is 0 Å². The van der Waals surface area contributed by atoms with Gasteiger partial charge in [0, 0.05) is 5.92 Å². The van der Waals surface area contributed by atoms with E-state index in [9.17, 15) is 4.79 Å². The molecule has 0 unspecified atom stereocenters. The van der Waals surface area contributed by atoms with Crippen molar-refractivity contribution in [2.24, 2.45) is 0 Å². The van der Waals surface area contributed by atoms with Gasteiger partial charge in [-0.1, -0.05) is 6.07 Å². The van der Waals surface area contributed by atoms with Gasteiger partial charge in [-0.3, -0.25) is 0 Å². The molecule has 0 heterocycles. The number of nitriles is 1. The van der Waals surface area contributed by atoms with Crippen LogP contribution in [-0.2, 0) is 11.2 Å². The van der Waals surface area contributed by atoms with Crippen LogP contribution in [-0.4, -0.2) is 6.29 Å². The zero-order valence-electron chi connectivity index (χ0n) is 7.16. The molecule has 2 nitrogen and oxygen atoms in total. The van der Waals surface area contributed by atoms with Gasteiger partial charge in [0.15, 0.2) is 0 Å². The van der Waals surface area contributed by atoms with E-state index in [-0.39, 0.29) is 5.92 Å². The van der Waals surface area contributed by atoms with Gasteiger partial charge in [0.2, 0.25) is 0 Å². The highest BCUT2D eigenvalue weighted by Gasteiger charge is 2.21. The second-order valence-corrected chi connectivity index (χ2v) is 3.31. The molecule has 1 aliphatic carbocycles. The molecule has 0 saturated carbocycles. The van der Waals surface area contributed by atoms with Crippen molar-refractivity contribution in [3.05, 3.63) is 34.9 Å². The van der Waals surface area contributed by atoms with Crippen LogP contribution < -0.4 is 0 Å². The third-order valence-electron chi connectivity index (χ3n) is 2.56. The Morgan fingerprint density at radius 2 is 2.38 bits per heavy atom. The van der Waals surface area contributed by atoms with Gasteiger partial charge in [-0.05, 0) is 36.1 Å². The summed E-state index contributed by atoms with van der Waals surface area (Å²) >= 11 is 0. The number of nitrogens with zero attached hydrogens (tertiary/aromatic N) is 1. The summed E-state index contributed by atoms with van der Waals surface area (Å²) in [6.07, 6.45) is 2.82. The van der Waals surface area contributed by atoms with E-state index >= 15 is 0 Å². The standard InChI is InChI=1S/C11H9NO/c12-6-8-1-4-11-9(5-8)2-3-10(11)7-13/h1,4-5,7,10H,2-3H2/t10-/m0/s1. The minimum Gasteiger partial charge on any atom is -0.303 e. The fourth-order valence-corrected chi connectivity index (χ4v) is 1.86. The smallest absolute Gasteiger partial charge is 0.127 e. The second-order valence-electron chi connectivity index (χ2n) is 3.31. The number of rotatable bonds is 1. The molecule has 2 rings (SSSR count). The fourth-order valence-electron chi connectivity index (χ4n) is 1.86. The first-order chi connectivity index (χ1) is 6.35. The molecule has 0 fully saturated rings. The summed E-state index contributed by atoms with van der Waals surface area (Å²) < 4.78 is 0. The van der Waals surface area contributed by atoms with Gasteiger partial charge in [-0.15, -0.1) is 0 Å². The summed E-state index contributed by atoms with van der Waals surface area (Å²) in [5, 5.41) is 8.67. The van der Waals surface area contributed by atoms with Crippen LogP contribution in [0.3, 0.4) is 0 Å². The topological polar surface area (TPSA) is 40.9 Å². The maximum atomic E-state index is 10.7. The maximum absolute atomic E-state index is 10.7. The number of benzene rings is 1. The normalized spacial score (nSPS) is 19.2. The van der Waals surface area contributed by atoms with Crippen LogP contribution in [0.1, 0.15) is 29.0 Å². The van der Waals surface area contributed by atoms with E-state index in [1.165, 1.54) is 0 Å². The summed E-state index contributed by atoms with van der Waals surface area (Å²) in [5.74, 6) is 0.0581. The summed E-state index contributed by atoms with van der Waals surface area (Å²) in [5.41, 5.74) is 2.95. The first kappa shape index (κ1) is 8.00. The minimum absolute atomic E-state index is 0.0581. The molecule has 0 aromatic heterocycles. The Bertz CT molecular complexity index is 390. The zero-order chi connectivity index (χ0) is 9.26.